The fraction of sp³-hybridized carbons (Fsp3) is 0.875. The maximum absolute atomic E-state index is 11.3. The summed E-state index contributed by atoms with van der Waals surface area (Å²) in [5.41, 5.74) is 0. The van der Waals surface area contributed by atoms with Crippen molar-refractivity contribution in [3.8, 4) is 0 Å². The predicted molar refractivity (Wildman–Crippen MR) is 59.8 cm³/mol. The molecule has 0 aromatic carbocycles. The quantitative estimate of drug-likeness (QED) is 0.665. The van der Waals surface area contributed by atoms with Crippen LogP contribution in [-0.4, -0.2) is 14.2 Å². The average Bonchev–Trinajstić information content (AvgIpc) is 2.04. The Morgan fingerprint density at radius 1 is 1.15 bits per heavy atom. The summed E-state index contributed by atoms with van der Waals surface area (Å²) in [7, 11) is 0. The van der Waals surface area contributed by atoms with Gasteiger partial charge in [-0.15, -0.1) is 0 Å². The van der Waals surface area contributed by atoms with Gasteiger partial charge in [-0.1, -0.05) is 65.8 Å². The van der Waals surface area contributed by atoms with Crippen molar-refractivity contribution in [3.05, 3.63) is 0 Å². The van der Waals surface area contributed by atoms with Crippen LogP contribution >= 0.6 is 46.6 Å². The first-order chi connectivity index (χ1) is 6.00. The van der Waals surface area contributed by atoms with E-state index in [9.17, 15) is 4.79 Å². The highest BCUT2D eigenvalue weighted by Gasteiger charge is 2.33. The van der Waals surface area contributed by atoms with E-state index in [0.29, 0.717) is 5.25 Å². The van der Waals surface area contributed by atoms with Crippen molar-refractivity contribution in [1.29, 1.82) is 0 Å². The van der Waals surface area contributed by atoms with Gasteiger partial charge in [-0.2, -0.15) is 0 Å². The average molecular weight is 262 g/mol. The highest BCUT2D eigenvalue weighted by Crippen LogP contribution is 2.37. The number of hydrogen-bond donors (Lipinski definition) is 0. The van der Waals surface area contributed by atoms with Gasteiger partial charge in [0.05, 0.1) is 0 Å². The summed E-state index contributed by atoms with van der Waals surface area (Å²) in [4.78, 5) is 11.3. The molecule has 0 aromatic rings. The van der Waals surface area contributed by atoms with Gasteiger partial charge in [0.1, 0.15) is 0 Å². The normalized spacial score (nSPS) is 20.2. The van der Waals surface area contributed by atoms with Gasteiger partial charge in [0, 0.05) is 5.25 Å². The first-order valence-electron chi connectivity index (χ1n) is 4.28. The number of thioether (sulfide) groups is 1. The standard InChI is InChI=1S/C8H11Cl3OS/c9-8(10,11)7(12)13-6-4-2-1-3-5-6/h6H,1-5H2. The van der Waals surface area contributed by atoms with Gasteiger partial charge in [0.25, 0.3) is 3.79 Å². The van der Waals surface area contributed by atoms with Crippen LogP contribution in [-0.2, 0) is 4.79 Å². The van der Waals surface area contributed by atoms with Crippen molar-refractivity contribution in [2.45, 2.75) is 41.1 Å². The van der Waals surface area contributed by atoms with Crippen molar-refractivity contribution in [2.24, 2.45) is 0 Å². The van der Waals surface area contributed by atoms with Crippen LogP contribution in [0.15, 0.2) is 0 Å². The van der Waals surface area contributed by atoms with Gasteiger partial charge in [-0.25, -0.2) is 0 Å². The van der Waals surface area contributed by atoms with E-state index in [0.717, 1.165) is 12.8 Å². The second-order valence-corrected chi connectivity index (χ2v) is 6.72. The highest BCUT2D eigenvalue weighted by atomic mass is 35.6. The van der Waals surface area contributed by atoms with Gasteiger partial charge in [-0.3, -0.25) is 4.79 Å². The van der Waals surface area contributed by atoms with Crippen LogP contribution in [0.25, 0.3) is 0 Å². The van der Waals surface area contributed by atoms with Crippen molar-refractivity contribution in [2.75, 3.05) is 0 Å². The lowest BCUT2D eigenvalue weighted by Crippen LogP contribution is -2.20. The summed E-state index contributed by atoms with van der Waals surface area (Å²) in [6.45, 7) is 0. The van der Waals surface area contributed by atoms with Crippen molar-refractivity contribution >= 4 is 51.7 Å². The van der Waals surface area contributed by atoms with E-state index in [1.54, 1.807) is 0 Å². The summed E-state index contributed by atoms with van der Waals surface area (Å²) in [5, 5.41) is 0.0151. The Bertz CT molecular complexity index is 184. The van der Waals surface area contributed by atoms with E-state index in [4.69, 9.17) is 34.8 Å². The molecule has 0 amide bonds. The van der Waals surface area contributed by atoms with Crippen LogP contribution in [0.4, 0.5) is 0 Å². The molecule has 0 heterocycles. The Hall–Kier alpha value is 0.890. The maximum atomic E-state index is 11.3. The minimum Gasteiger partial charge on any atom is -0.282 e. The van der Waals surface area contributed by atoms with Crippen molar-refractivity contribution < 1.29 is 4.79 Å². The molecule has 0 aliphatic heterocycles. The molecule has 1 aliphatic carbocycles. The third-order valence-corrected chi connectivity index (χ3v) is 4.23. The Kier molecular flexibility index (Phi) is 4.70. The van der Waals surface area contributed by atoms with Crippen molar-refractivity contribution in [1.82, 2.24) is 0 Å². The minimum atomic E-state index is -1.75. The van der Waals surface area contributed by atoms with Gasteiger partial charge in [0.2, 0.25) is 5.12 Å². The molecule has 0 aromatic heterocycles. The topological polar surface area (TPSA) is 17.1 Å². The lowest BCUT2D eigenvalue weighted by atomic mass is 10.0. The van der Waals surface area contributed by atoms with E-state index in [1.165, 1.54) is 31.0 Å². The monoisotopic (exact) mass is 260 g/mol. The zero-order chi connectivity index (χ0) is 9.90. The summed E-state index contributed by atoms with van der Waals surface area (Å²) in [6.07, 6.45) is 5.77. The van der Waals surface area contributed by atoms with E-state index in [-0.39, 0.29) is 5.12 Å². The number of halogens is 3. The van der Waals surface area contributed by atoms with E-state index in [2.05, 4.69) is 0 Å². The molecule has 1 saturated carbocycles. The van der Waals surface area contributed by atoms with Crippen LogP contribution in [0.2, 0.25) is 0 Å². The van der Waals surface area contributed by atoms with E-state index in [1.807, 2.05) is 0 Å². The van der Waals surface area contributed by atoms with Crippen LogP contribution in [0.3, 0.4) is 0 Å². The minimum absolute atomic E-state index is 0.343. The molecule has 0 radical (unpaired) electrons. The van der Waals surface area contributed by atoms with Crippen LogP contribution in [0, 0.1) is 0 Å². The zero-order valence-corrected chi connectivity index (χ0v) is 10.1. The smallest absolute Gasteiger partial charge is 0.259 e. The number of alkyl halides is 3. The molecular formula is C8H11Cl3OS. The molecule has 0 atom stereocenters. The highest BCUT2D eigenvalue weighted by molar-refractivity contribution is 8.14. The Morgan fingerprint density at radius 2 is 1.69 bits per heavy atom. The Balaban J connectivity index is 2.35. The van der Waals surface area contributed by atoms with Gasteiger partial charge in [-0.05, 0) is 12.8 Å². The van der Waals surface area contributed by atoms with Crippen LogP contribution < -0.4 is 0 Å². The fourth-order valence-electron chi connectivity index (χ4n) is 1.40. The number of rotatable bonds is 1. The Morgan fingerprint density at radius 3 is 2.15 bits per heavy atom. The molecule has 1 rings (SSSR count). The second kappa shape index (κ2) is 5.11. The van der Waals surface area contributed by atoms with Crippen LogP contribution in [0.1, 0.15) is 32.1 Å². The van der Waals surface area contributed by atoms with Crippen molar-refractivity contribution in [3.63, 3.8) is 0 Å². The van der Waals surface area contributed by atoms with Gasteiger partial charge >= 0.3 is 0 Å². The molecular weight excluding hydrogens is 251 g/mol. The number of hydrogen-bond acceptors (Lipinski definition) is 2. The molecule has 0 bridgehead atoms. The van der Waals surface area contributed by atoms with E-state index >= 15 is 0 Å². The van der Waals surface area contributed by atoms with Gasteiger partial charge < -0.3 is 0 Å². The molecule has 1 nitrogen and oxygen atoms in total. The molecule has 0 N–H and O–H groups in total. The van der Waals surface area contributed by atoms with Crippen LogP contribution in [0.5, 0.6) is 0 Å². The van der Waals surface area contributed by atoms with E-state index < -0.39 is 3.79 Å². The molecule has 76 valence electrons. The molecule has 0 unspecified atom stereocenters. The SMILES string of the molecule is O=C(SC1CCCCC1)C(Cl)(Cl)Cl. The Labute approximate surface area is 97.5 Å². The summed E-state index contributed by atoms with van der Waals surface area (Å²) < 4.78 is -1.75. The predicted octanol–water partition coefficient (Wildman–Crippen LogP) is 3.95. The molecule has 0 saturated heterocycles. The van der Waals surface area contributed by atoms with Gasteiger partial charge in [0.15, 0.2) is 0 Å². The second-order valence-electron chi connectivity index (χ2n) is 3.16. The molecule has 1 fully saturated rings. The molecule has 13 heavy (non-hydrogen) atoms. The zero-order valence-electron chi connectivity index (χ0n) is 7.06. The lowest BCUT2D eigenvalue weighted by Gasteiger charge is -2.21. The lowest BCUT2D eigenvalue weighted by molar-refractivity contribution is -0.110. The molecule has 5 heteroatoms. The summed E-state index contributed by atoms with van der Waals surface area (Å²) >= 11 is 17.6. The maximum Gasteiger partial charge on any atom is 0.259 e. The number of carbonyl (C=O) groups excluding carboxylic acids is 1. The third kappa shape index (κ3) is 4.28. The molecule has 0 spiro atoms. The fourth-order valence-corrected chi connectivity index (χ4v) is 2.81. The summed E-state index contributed by atoms with van der Waals surface area (Å²) in [5.74, 6) is 0. The molecule has 1 aliphatic rings. The largest absolute Gasteiger partial charge is 0.282 e. The first-order valence-corrected chi connectivity index (χ1v) is 6.29. The third-order valence-electron chi connectivity index (χ3n) is 2.06. The summed E-state index contributed by atoms with van der Waals surface area (Å²) in [6, 6.07) is 0. The first kappa shape index (κ1) is 12.0. The number of carbonyl (C=O) groups is 1.